The van der Waals surface area contributed by atoms with Crippen LogP contribution in [0.2, 0.25) is 0 Å². The lowest BCUT2D eigenvalue weighted by atomic mass is 10.2. The van der Waals surface area contributed by atoms with Gasteiger partial charge < -0.3 is 10.4 Å². The fourth-order valence-corrected chi connectivity index (χ4v) is 3.12. The first-order valence-corrected chi connectivity index (χ1v) is 7.95. The number of hydrogen-bond donors (Lipinski definition) is 2. The van der Waals surface area contributed by atoms with Crippen molar-refractivity contribution in [2.24, 2.45) is 0 Å². The van der Waals surface area contributed by atoms with Gasteiger partial charge in [0.25, 0.3) is 0 Å². The molecule has 0 atom stereocenters. The van der Waals surface area contributed by atoms with Crippen LogP contribution < -0.4 is 5.32 Å². The van der Waals surface area contributed by atoms with E-state index in [0.717, 1.165) is 26.0 Å². The highest BCUT2D eigenvalue weighted by Gasteiger charge is 2.08. The zero-order chi connectivity index (χ0) is 14.5. The molecule has 0 saturated heterocycles. The van der Waals surface area contributed by atoms with E-state index < -0.39 is 0 Å². The van der Waals surface area contributed by atoms with Crippen LogP contribution in [0, 0.1) is 6.92 Å². The molecular formula is C14H15BrN2O2S. The summed E-state index contributed by atoms with van der Waals surface area (Å²) >= 11 is 4.93. The minimum atomic E-state index is -0.0818. The molecule has 0 aliphatic carbocycles. The number of halogens is 1. The lowest BCUT2D eigenvalue weighted by Gasteiger charge is -2.08. The summed E-state index contributed by atoms with van der Waals surface area (Å²) < 4.78 is 0.988. The van der Waals surface area contributed by atoms with Crippen molar-refractivity contribution in [2.75, 3.05) is 18.9 Å². The quantitative estimate of drug-likeness (QED) is 0.809. The number of carbonyl (C=O) groups is 1. The predicted molar refractivity (Wildman–Crippen MR) is 85.0 cm³/mol. The van der Waals surface area contributed by atoms with Crippen molar-refractivity contribution in [2.45, 2.75) is 11.8 Å². The third kappa shape index (κ3) is 3.94. The van der Waals surface area contributed by atoms with Crippen LogP contribution in [-0.2, 0) is 4.79 Å². The molecular weight excluding hydrogens is 340 g/mol. The third-order valence-corrected chi connectivity index (χ3v) is 4.20. The molecule has 0 radical (unpaired) electrons. The van der Waals surface area contributed by atoms with Crippen LogP contribution in [0.3, 0.4) is 0 Å². The van der Waals surface area contributed by atoms with Gasteiger partial charge in [0, 0.05) is 27.0 Å². The van der Waals surface area contributed by atoms with Crippen LogP contribution in [0.5, 0.6) is 0 Å². The molecule has 0 bridgehead atoms. The number of aromatic nitrogens is 1. The van der Waals surface area contributed by atoms with Crippen LogP contribution in [0.25, 0.3) is 10.9 Å². The second-order valence-electron chi connectivity index (χ2n) is 4.29. The SMILES string of the molecule is Cc1cc(SCC(=O)NCCO)c2cc(Br)ccc2n1. The van der Waals surface area contributed by atoms with Gasteiger partial charge in [0.1, 0.15) is 0 Å². The molecule has 1 aromatic carbocycles. The highest BCUT2D eigenvalue weighted by atomic mass is 79.9. The highest BCUT2D eigenvalue weighted by Crippen LogP contribution is 2.29. The normalized spacial score (nSPS) is 10.8. The summed E-state index contributed by atoms with van der Waals surface area (Å²) in [7, 11) is 0. The number of amides is 1. The van der Waals surface area contributed by atoms with E-state index in [2.05, 4.69) is 26.2 Å². The lowest BCUT2D eigenvalue weighted by Crippen LogP contribution is -2.27. The Hall–Kier alpha value is -1.11. The minimum Gasteiger partial charge on any atom is -0.395 e. The molecule has 1 aromatic heterocycles. The maximum Gasteiger partial charge on any atom is 0.230 e. The molecule has 106 valence electrons. The van der Waals surface area contributed by atoms with Crippen molar-refractivity contribution in [3.8, 4) is 0 Å². The number of thioether (sulfide) groups is 1. The van der Waals surface area contributed by atoms with Crippen LogP contribution in [0.4, 0.5) is 0 Å². The van der Waals surface area contributed by atoms with Gasteiger partial charge in [-0.2, -0.15) is 0 Å². The molecule has 0 aliphatic rings. The molecule has 2 N–H and O–H groups in total. The summed E-state index contributed by atoms with van der Waals surface area (Å²) in [5, 5.41) is 12.3. The first kappa shape index (κ1) is 15.3. The number of hydrogen-bond acceptors (Lipinski definition) is 4. The van der Waals surface area contributed by atoms with Crippen LogP contribution in [0.1, 0.15) is 5.69 Å². The summed E-state index contributed by atoms with van der Waals surface area (Å²) in [5.41, 5.74) is 1.85. The number of aryl methyl sites for hydroxylation is 1. The summed E-state index contributed by atoms with van der Waals surface area (Å²) in [6.07, 6.45) is 0. The van der Waals surface area contributed by atoms with Gasteiger partial charge in [-0.25, -0.2) is 0 Å². The van der Waals surface area contributed by atoms with Gasteiger partial charge in [0.15, 0.2) is 0 Å². The van der Waals surface area contributed by atoms with E-state index in [-0.39, 0.29) is 12.5 Å². The molecule has 0 spiro atoms. The number of carbonyl (C=O) groups excluding carboxylic acids is 1. The van der Waals surface area contributed by atoms with E-state index in [1.165, 1.54) is 11.8 Å². The van der Waals surface area contributed by atoms with Gasteiger partial charge in [-0.1, -0.05) is 15.9 Å². The number of fused-ring (bicyclic) bond motifs is 1. The molecule has 1 heterocycles. The topological polar surface area (TPSA) is 62.2 Å². The zero-order valence-corrected chi connectivity index (χ0v) is 13.4. The number of benzene rings is 1. The molecule has 0 aliphatic heterocycles. The molecule has 6 heteroatoms. The zero-order valence-electron chi connectivity index (χ0n) is 11.0. The standard InChI is InChI=1S/C14H15BrN2O2S/c1-9-6-13(20-8-14(19)16-4-5-18)11-7-10(15)2-3-12(11)17-9/h2-3,6-7,18H,4-5,8H2,1H3,(H,16,19). The number of nitrogens with zero attached hydrogens (tertiary/aromatic N) is 1. The molecule has 2 aromatic rings. The number of nitrogens with one attached hydrogen (secondary N) is 1. The highest BCUT2D eigenvalue weighted by molar-refractivity contribution is 9.10. The Morgan fingerprint density at radius 2 is 2.25 bits per heavy atom. The lowest BCUT2D eigenvalue weighted by molar-refractivity contribution is -0.118. The summed E-state index contributed by atoms with van der Waals surface area (Å²) in [4.78, 5) is 17.1. The van der Waals surface area contributed by atoms with Gasteiger partial charge in [-0.15, -0.1) is 11.8 Å². The van der Waals surface area contributed by atoms with Crippen molar-refractivity contribution in [1.82, 2.24) is 10.3 Å². The molecule has 0 saturated carbocycles. The van der Waals surface area contributed by atoms with E-state index in [1.807, 2.05) is 31.2 Å². The Labute approximate surface area is 130 Å². The minimum absolute atomic E-state index is 0.0410. The number of pyridine rings is 1. The van der Waals surface area contributed by atoms with E-state index in [4.69, 9.17) is 5.11 Å². The van der Waals surface area contributed by atoms with E-state index >= 15 is 0 Å². The average molecular weight is 355 g/mol. The Morgan fingerprint density at radius 1 is 1.45 bits per heavy atom. The van der Waals surface area contributed by atoms with Gasteiger partial charge in [-0.05, 0) is 31.2 Å². The Kier molecular flexibility index (Phi) is 5.39. The van der Waals surface area contributed by atoms with Crippen molar-refractivity contribution in [3.63, 3.8) is 0 Å². The predicted octanol–water partition coefficient (Wildman–Crippen LogP) is 2.51. The smallest absolute Gasteiger partial charge is 0.230 e. The van der Waals surface area contributed by atoms with E-state index in [0.29, 0.717) is 12.3 Å². The molecule has 20 heavy (non-hydrogen) atoms. The fourth-order valence-electron chi connectivity index (χ4n) is 1.80. The van der Waals surface area contributed by atoms with Gasteiger partial charge in [0.2, 0.25) is 5.91 Å². The van der Waals surface area contributed by atoms with Crippen LogP contribution in [0.15, 0.2) is 33.6 Å². The number of rotatable bonds is 5. The van der Waals surface area contributed by atoms with Crippen LogP contribution in [-0.4, -0.2) is 34.9 Å². The molecule has 4 nitrogen and oxygen atoms in total. The van der Waals surface area contributed by atoms with Crippen molar-refractivity contribution in [3.05, 3.63) is 34.4 Å². The van der Waals surface area contributed by atoms with Crippen LogP contribution >= 0.6 is 27.7 Å². The van der Waals surface area contributed by atoms with Crippen molar-refractivity contribution < 1.29 is 9.90 Å². The number of aliphatic hydroxyl groups excluding tert-OH is 1. The summed E-state index contributed by atoms with van der Waals surface area (Å²) in [6, 6.07) is 7.91. The van der Waals surface area contributed by atoms with E-state index in [1.54, 1.807) is 0 Å². The first-order chi connectivity index (χ1) is 9.60. The largest absolute Gasteiger partial charge is 0.395 e. The maximum absolute atomic E-state index is 11.6. The van der Waals surface area contributed by atoms with Crippen molar-refractivity contribution >= 4 is 44.5 Å². The van der Waals surface area contributed by atoms with Crippen molar-refractivity contribution in [1.29, 1.82) is 0 Å². The van der Waals surface area contributed by atoms with E-state index in [9.17, 15) is 4.79 Å². The maximum atomic E-state index is 11.6. The van der Waals surface area contributed by atoms with Gasteiger partial charge in [-0.3, -0.25) is 9.78 Å². The molecule has 0 fully saturated rings. The Morgan fingerprint density at radius 3 is 3.00 bits per heavy atom. The number of aliphatic hydroxyl groups is 1. The third-order valence-electron chi connectivity index (χ3n) is 2.65. The molecule has 1 amide bonds. The molecule has 2 rings (SSSR count). The summed E-state index contributed by atoms with van der Waals surface area (Å²) in [6.45, 7) is 2.19. The van der Waals surface area contributed by atoms with Gasteiger partial charge in [0.05, 0.1) is 17.9 Å². The monoisotopic (exact) mass is 354 g/mol. The Balaban J connectivity index is 2.20. The summed E-state index contributed by atoms with van der Waals surface area (Å²) in [5.74, 6) is 0.243. The van der Waals surface area contributed by atoms with Gasteiger partial charge >= 0.3 is 0 Å². The second-order valence-corrected chi connectivity index (χ2v) is 6.22. The Bertz CT molecular complexity index is 634. The molecule has 0 unspecified atom stereocenters. The first-order valence-electron chi connectivity index (χ1n) is 6.17. The average Bonchev–Trinajstić information content (AvgIpc) is 2.43. The second kappa shape index (κ2) is 7.06. The fraction of sp³-hybridized carbons (Fsp3) is 0.286.